The van der Waals surface area contributed by atoms with E-state index in [4.69, 9.17) is 9.41 Å². The van der Waals surface area contributed by atoms with Gasteiger partial charge in [-0.15, -0.1) is 0 Å². The van der Waals surface area contributed by atoms with Crippen molar-refractivity contribution in [2.75, 3.05) is 0 Å². The minimum absolute atomic E-state index is 0.112. The number of benzene rings is 6. The normalized spacial score (nSPS) is 16.6. The molecule has 4 heteroatoms. The second-order valence-corrected chi connectivity index (χ2v) is 10.9. The molecule has 7 aromatic rings. The van der Waals surface area contributed by atoms with Crippen LogP contribution in [-0.4, -0.2) is 5.84 Å². The zero-order valence-electron chi connectivity index (χ0n) is 23.4. The van der Waals surface area contributed by atoms with Crippen LogP contribution in [0.1, 0.15) is 29.0 Å². The number of fused-ring (bicyclic) bond motifs is 3. The molecular weight excluding hydrogens is 526 g/mol. The largest absolute Gasteiger partial charge is 0.456 e. The van der Waals surface area contributed by atoms with Gasteiger partial charge in [-0.05, 0) is 57.6 Å². The van der Waals surface area contributed by atoms with Gasteiger partial charge in [-0.2, -0.15) is 0 Å². The van der Waals surface area contributed by atoms with E-state index in [2.05, 4.69) is 132 Å². The van der Waals surface area contributed by atoms with Gasteiger partial charge in [-0.1, -0.05) is 127 Å². The lowest BCUT2D eigenvalue weighted by Gasteiger charge is -2.32. The second kappa shape index (κ2) is 10.8. The highest BCUT2D eigenvalue weighted by molar-refractivity contribution is 6.08. The summed E-state index contributed by atoms with van der Waals surface area (Å²) in [4.78, 5) is 5.20. The van der Waals surface area contributed by atoms with Crippen molar-refractivity contribution in [1.29, 1.82) is 0 Å². The quantitative estimate of drug-likeness (QED) is 0.223. The summed E-state index contributed by atoms with van der Waals surface area (Å²) >= 11 is 0. The molecule has 0 radical (unpaired) electrons. The number of hydrogen-bond donors (Lipinski definition) is 2. The molecule has 4 nitrogen and oxygen atoms in total. The highest BCUT2D eigenvalue weighted by Crippen LogP contribution is 2.32. The standard InChI is InChI=1S/C39H29N3O/c1-3-10-26(11-4-1)27-18-20-28(21-19-27)30-14-9-15-31(24-30)38-40-37(29-12-5-2-6-13-29)41-39(42-38)32-22-23-34-33-16-7-8-17-35(33)43-36(34)25-32/h1-25,37-38,40H,(H,41,42). The van der Waals surface area contributed by atoms with Gasteiger partial charge in [0, 0.05) is 16.3 Å². The summed E-state index contributed by atoms with van der Waals surface area (Å²) < 4.78 is 6.21. The Morgan fingerprint density at radius 3 is 1.88 bits per heavy atom. The number of aliphatic imine (C=N–C) groups is 1. The molecule has 206 valence electrons. The van der Waals surface area contributed by atoms with Crippen LogP contribution >= 0.6 is 0 Å². The zero-order chi connectivity index (χ0) is 28.6. The number of para-hydroxylation sites is 1. The smallest absolute Gasteiger partial charge is 0.136 e. The maximum Gasteiger partial charge on any atom is 0.136 e. The SMILES string of the molecule is c1ccc(-c2ccc(-c3cccc(C4N=C(c5ccc6c(c5)oc5ccccc56)NC(c5ccccc5)N4)c3)cc2)cc1. The van der Waals surface area contributed by atoms with Crippen molar-refractivity contribution in [2.45, 2.75) is 12.3 Å². The number of nitrogens with zero attached hydrogens (tertiary/aromatic N) is 1. The van der Waals surface area contributed by atoms with Gasteiger partial charge in [-0.25, -0.2) is 4.99 Å². The van der Waals surface area contributed by atoms with E-state index in [-0.39, 0.29) is 12.3 Å². The first-order valence-corrected chi connectivity index (χ1v) is 14.6. The van der Waals surface area contributed by atoms with Crippen LogP contribution < -0.4 is 10.6 Å². The molecule has 2 heterocycles. The molecule has 0 bridgehead atoms. The molecule has 1 aliphatic heterocycles. The Kier molecular flexibility index (Phi) is 6.32. The second-order valence-electron chi connectivity index (χ2n) is 10.9. The Balaban J connectivity index is 1.16. The number of furan rings is 1. The van der Waals surface area contributed by atoms with Crippen LogP contribution in [0.5, 0.6) is 0 Å². The third kappa shape index (κ3) is 4.88. The summed E-state index contributed by atoms with van der Waals surface area (Å²) in [6.07, 6.45) is -0.352. The average molecular weight is 556 g/mol. The van der Waals surface area contributed by atoms with E-state index in [1.807, 2.05) is 30.3 Å². The summed E-state index contributed by atoms with van der Waals surface area (Å²) in [6.45, 7) is 0. The Labute approximate surface area is 250 Å². The number of amidine groups is 1. The molecule has 0 saturated heterocycles. The maximum atomic E-state index is 6.21. The van der Waals surface area contributed by atoms with Crippen molar-refractivity contribution < 1.29 is 4.42 Å². The molecule has 0 spiro atoms. The van der Waals surface area contributed by atoms with Gasteiger partial charge < -0.3 is 9.73 Å². The molecule has 0 aliphatic carbocycles. The van der Waals surface area contributed by atoms with Gasteiger partial charge in [0.1, 0.15) is 29.3 Å². The number of nitrogens with one attached hydrogen (secondary N) is 2. The molecule has 8 rings (SSSR count). The van der Waals surface area contributed by atoms with Crippen molar-refractivity contribution in [3.8, 4) is 22.3 Å². The Bertz CT molecular complexity index is 2080. The predicted molar refractivity (Wildman–Crippen MR) is 176 cm³/mol. The van der Waals surface area contributed by atoms with Crippen molar-refractivity contribution >= 4 is 27.8 Å². The van der Waals surface area contributed by atoms with Crippen molar-refractivity contribution in [3.63, 3.8) is 0 Å². The Hall–Kier alpha value is -5.45. The lowest BCUT2D eigenvalue weighted by molar-refractivity contribution is 0.409. The van der Waals surface area contributed by atoms with Gasteiger partial charge in [0.15, 0.2) is 0 Å². The van der Waals surface area contributed by atoms with Crippen molar-refractivity contribution in [2.24, 2.45) is 4.99 Å². The first kappa shape index (κ1) is 25.3. The van der Waals surface area contributed by atoms with Crippen LogP contribution in [0, 0.1) is 0 Å². The molecule has 0 fully saturated rings. The number of hydrogen-bond acceptors (Lipinski definition) is 4. The minimum Gasteiger partial charge on any atom is -0.456 e. The van der Waals surface area contributed by atoms with E-state index in [0.29, 0.717) is 0 Å². The van der Waals surface area contributed by atoms with Gasteiger partial charge in [-0.3, -0.25) is 5.32 Å². The molecule has 1 aliphatic rings. The van der Waals surface area contributed by atoms with Crippen LogP contribution in [0.4, 0.5) is 0 Å². The topological polar surface area (TPSA) is 49.6 Å². The highest BCUT2D eigenvalue weighted by Gasteiger charge is 2.26. The predicted octanol–water partition coefficient (Wildman–Crippen LogP) is 9.26. The summed E-state index contributed by atoms with van der Waals surface area (Å²) in [5.41, 5.74) is 9.76. The molecule has 2 N–H and O–H groups in total. The fraction of sp³-hybridized carbons (Fsp3) is 0.0513. The first-order valence-electron chi connectivity index (χ1n) is 14.6. The van der Waals surface area contributed by atoms with Crippen LogP contribution in [0.15, 0.2) is 161 Å². The van der Waals surface area contributed by atoms with E-state index in [1.54, 1.807) is 0 Å². The zero-order valence-corrected chi connectivity index (χ0v) is 23.4. The summed E-state index contributed by atoms with van der Waals surface area (Å²) in [6, 6.07) is 52.9. The number of rotatable bonds is 5. The fourth-order valence-electron chi connectivity index (χ4n) is 5.94. The first-order chi connectivity index (χ1) is 21.3. The third-order valence-electron chi connectivity index (χ3n) is 8.18. The summed E-state index contributed by atoms with van der Waals surface area (Å²) in [5.74, 6) is 0.831. The minimum atomic E-state index is -0.239. The van der Waals surface area contributed by atoms with Gasteiger partial charge in [0.25, 0.3) is 0 Å². The van der Waals surface area contributed by atoms with Gasteiger partial charge in [0.2, 0.25) is 0 Å². The molecule has 0 amide bonds. The van der Waals surface area contributed by atoms with Crippen LogP contribution in [0.25, 0.3) is 44.2 Å². The van der Waals surface area contributed by atoms with E-state index >= 15 is 0 Å². The van der Waals surface area contributed by atoms with Crippen LogP contribution in [0.2, 0.25) is 0 Å². The lowest BCUT2D eigenvalue weighted by atomic mass is 9.98. The van der Waals surface area contributed by atoms with E-state index in [0.717, 1.165) is 50.0 Å². The van der Waals surface area contributed by atoms with E-state index < -0.39 is 0 Å². The highest BCUT2D eigenvalue weighted by atomic mass is 16.3. The Morgan fingerprint density at radius 1 is 0.465 bits per heavy atom. The fourth-order valence-corrected chi connectivity index (χ4v) is 5.94. The van der Waals surface area contributed by atoms with Crippen LogP contribution in [-0.2, 0) is 0 Å². The van der Waals surface area contributed by atoms with Crippen LogP contribution in [0.3, 0.4) is 0 Å². The summed E-state index contributed by atoms with van der Waals surface area (Å²) in [7, 11) is 0. The van der Waals surface area contributed by atoms with Crippen molar-refractivity contribution in [3.05, 3.63) is 168 Å². The van der Waals surface area contributed by atoms with Gasteiger partial charge in [0.05, 0.1) is 0 Å². The van der Waals surface area contributed by atoms with Crippen molar-refractivity contribution in [1.82, 2.24) is 10.6 Å². The molecule has 2 unspecified atom stereocenters. The molecule has 2 atom stereocenters. The monoisotopic (exact) mass is 555 g/mol. The third-order valence-corrected chi connectivity index (χ3v) is 8.18. The summed E-state index contributed by atoms with van der Waals surface area (Å²) in [5, 5.41) is 9.61. The Morgan fingerprint density at radius 2 is 1.07 bits per heavy atom. The van der Waals surface area contributed by atoms with E-state index in [1.165, 1.54) is 16.7 Å². The maximum absolute atomic E-state index is 6.21. The molecule has 0 saturated carbocycles. The van der Waals surface area contributed by atoms with Gasteiger partial charge >= 0.3 is 0 Å². The molecular formula is C39H29N3O. The average Bonchev–Trinajstić information content (AvgIpc) is 3.47. The van der Waals surface area contributed by atoms with E-state index in [9.17, 15) is 0 Å². The molecule has 43 heavy (non-hydrogen) atoms. The molecule has 6 aromatic carbocycles. The molecule has 1 aromatic heterocycles. The lowest BCUT2D eigenvalue weighted by Crippen LogP contribution is -2.44.